The summed E-state index contributed by atoms with van der Waals surface area (Å²) in [6, 6.07) is 0. The van der Waals surface area contributed by atoms with Crippen molar-refractivity contribution in [2.75, 3.05) is 33.3 Å². The highest BCUT2D eigenvalue weighted by Crippen LogP contribution is 2.20. The second kappa shape index (κ2) is 13.6. The summed E-state index contributed by atoms with van der Waals surface area (Å²) >= 11 is 0. The number of hydrogen-bond donors (Lipinski definition) is 1. The molecule has 1 N–H and O–H groups in total. The van der Waals surface area contributed by atoms with Gasteiger partial charge in [-0.2, -0.15) is 0 Å². The molecule has 1 aliphatic carbocycles. The van der Waals surface area contributed by atoms with Crippen molar-refractivity contribution in [1.82, 2.24) is 10.2 Å². The van der Waals surface area contributed by atoms with Crippen LogP contribution in [0, 0.1) is 0 Å². The van der Waals surface area contributed by atoms with Gasteiger partial charge in [0.1, 0.15) is 0 Å². The van der Waals surface area contributed by atoms with Crippen molar-refractivity contribution in [2.24, 2.45) is 4.99 Å². The van der Waals surface area contributed by atoms with Gasteiger partial charge in [0.15, 0.2) is 5.96 Å². The zero-order valence-corrected chi connectivity index (χ0v) is 16.4. The van der Waals surface area contributed by atoms with Crippen LogP contribution >= 0.6 is 24.0 Å². The SMILES string of the molecule is CCCCN(C)C(=NCCCOC1CCCC1)NCC.I. The van der Waals surface area contributed by atoms with Crippen molar-refractivity contribution in [1.29, 1.82) is 0 Å². The maximum absolute atomic E-state index is 5.87. The molecule has 0 bridgehead atoms. The molecule has 0 spiro atoms. The van der Waals surface area contributed by atoms with Gasteiger partial charge in [0.25, 0.3) is 0 Å². The molecule has 4 nitrogen and oxygen atoms in total. The first-order valence-corrected chi connectivity index (χ1v) is 8.39. The van der Waals surface area contributed by atoms with E-state index in [1.807, 2.05) is 0 Å². The highest BCUT2D eigenvalue weighted by Gasteiger charge is 2.14. The molecule has 1 fully saturated rings. The van der Waals surface area contributed by atoms with E-state index in [1.165, 1.54) is 38.5 Å². The summed E-state index contributed by atoms with van der Waals surface area (Å²) in [6.45, 7) is 8.04. The molecule has 0 aliphatic heterocycles. The maximum atomic E-state index is 5.87. The van der Waals surface area contributed by atoms with Gasteiger partial charge in [-0.3, -0.25) is 4.99 Å². The van der Waals surface area contributed by atoms with Crippen molar-refractivity contribution in [3.8, 4) is 0 Å². The Morgan fingerprint density at radius 1 is 1.24 bits per heavy atom. The van der Waals surface area contributed by atoms with E-state index in [0.717, 1.165) is 38.6 Å². The largest absolute Gasteiger partial charge is 0.378 e. The van der Waals surface area contributed by atoms with Crippen molar-refractivity contribution in [2.45, 2.75) is 64.9 Å². The summed E-state index contributed by atoms with van der Waals surface area (Å²) in [5, 5.41) is 3.36. The van der Waals surface area contributed by atoms with Gasteiger partial charge in [-0.25, -0.2) is 0 Å². The molecule has 1 saturated carbocycles. The summed E-state index contributed by atoms with van der Waals surface area (Å²) in [4.78, 5) is 6.91. The molecule has 0 aromatic carbocycles. The molecule has 1 aliphatic rings. The van der Waals surface area contributed by atoms with Crippen molar-refractivity contribution in [3.63, 3.8) is 0 Å². The van der Waals surface area contributed by atoms with Gasteiger partial charge in [0, 0.05) is 33.3 Å². The van der Waals surface area contributed by atoms with Gasteiger partial charge in [-0.15, -0.1) is 24.0 Å². The van der Waals surface area contributed by atoms with Crippen LogP contribution in [0.5, 0.6) is 0 Å². The third-order valence-corrected chi connectivity index (χ3v) is 3.76. The first-order valence-electron chi connectivity index (χ1n) is 8.39. The molecule has 0 atom stereocenters. The Morgan fingerprint density at radius 2 is 1.95 bits per heavy atom. The average molecular weight is 411 g/mol. The van der Waals surface area contributed by atoms with Crippen LogP contribution in [0.3, 0.4) is 0 Å². The van der Waals surface area contributed by atoms with Gasteiger partial charge in [-0.1, -0.05) is 26.2 Å². The Bertz CT molecular complexity index is 268. The lowest BCUT2D eigenvalue weighted by Crippen LogP contribution is -2.39. The van der Waals surface area contributed by atoms with E-state index in [9.17, 15) is 0 Å². The minimum Gasteiger partial charge on any atom is -0.378 e. The van der Waals surface area contributed by atoms with E-state index in [1.54, 1.807) is 0 Å². The highest BCUT2D eigenvalue weighted by molar-refractivity contribution is 14.0. The zero-order chi connectivity index (χ0) is 14.6. The monoisotopic (exact) mass is 411 g/mol. The average Bonchev–Trinajstić information content (AvgIpc) is 2.96. The predicted octanol–water partition coefficient (Wildman–Crippen LogP) is 3.65. The third kappa shape index (κ3) is 9.55. The molecule has 21 heavy (non-hydrogen) atoms. The van der Waals surface area contributed by atoms with Gasteiger partial charge >= 0.3 is 0 Å². The molecule has 0 heterocycles. The van der Waals surface area contributed by atoms with Crippen LogP contribution in [0.15, 0.2) is 4.99 Å². The molecule has 0 aromatic heterocycles. The van der Waals surface area contributed by atoms with Crippen molar-refractivity contribution in [3.05, 3.63) is 0 Å². The van der Waals surface area contributed by atoms with Crippen LogP contribution in [-0.4, -0.2) is 50.3 Å². The molecule has 1 rings (SSSR count). The van der Waals surface area contributed by atoms with E-state index in [0.29, 0.717) is 6.10 Å². The van der Waals surface area contributed by atoms with Gasteiger partial charge in [0.2, 0.25) is 0 Å². The Morgan fingerprint density at radius 3 is 2.57 bits per heavy atom. The maximum Gasteiger partial charge on any atom is 0.193 e. The fourth-order valence-electron chi connectivity index (χ4n) is 2.53. The number of hydrogen-bond acceptors (Lipinski definition) is 2. The molecule has 0 radical (unpaired) electrons. The molecule has 126 valence electrons. The van der Waals surface area contributed by atoms with Crippen molar-refractivity contribution < 1.29 is 4.74 Å². The van der Waals surface area contributed by atoms with E-state index in [-0.39, 0.29) is 24.0 Å². The number of aliphatic imine (C=N–C) groups is 1. The number of rotatable bonds is 9. The van der Waals surface area contributed by atoms with Crippen LogP contribution in [0.25, 0.3) is 0 Å². The lowest BCUT2D eigenvalue weighted by molar-refractivity contribution is 0.0579. The highest BCUT2D eigenvalue weighted by atomic mass is 127. The minimum absolute atomic E-state index is 0. The van der Waals surface area contributed by atoms with Crippen LogP contribution in [-0.2, 0) is 4.74 Å². The molecule has 5 heteroatoms. The van der Waals surface area contributed by atoms with Gasteiger partial charge < -0.3 is 15.0 Å². The number of guanidine groups is 1. The normalized spacial score (nSPS) is 15.9. The van der Waals surface area contributed by atoms with Gasteiger partial charge in [0.05, 0.1) is 6.10 Å². The summed E-state index contributed by atoms with van der Waals surface area (Å²) < 4.78 is 5.87. The number of nitrogens with one attached hydrogen (secondary N) is 1. The second-order valence-electron chi connectivity index (χ2n) is 5.64. The number of nitrogens with zero attached hydrogens (tertiary/aromatic N) is 2. The third-order valence-electron chi connectivity index (χ3n) is 3.76. The standard InChI is InChI=1S/C16H33N3O.HI/c1-4-6-13-19(3)16(17-5-2)18-12-9-14-20-15-10-7-8-11-15;/h15H,4-14H2,1-3H3,(H,17,18);1H. The Hall–Kier alpha value is -0.0400. The Balaban J connectivity index is 0.00000400. The number of ether oxygens (including phenoxy) is 1. The summed E-state index contributed by atoms with van der Waals surface area (Å²) in [5.41, 5.74) is 0. The van der Waals surface area contributed by atoms with Crippen LogP contribution < -0.4 is 5.32 Å². The summed E-state index contributed by atoms with van der Waals surface area (Å²) in [6.07, 6.45) is 9.18. The fourth-order valence-corrected chi connectivity index (χ4v) is 2.53. The lowest BCUT2D eigenvalue weighted by Gasteiger charge is -2.21. The smallest absolute Gasteiger partial charge is 0.193 e. The summed E-state index contributed by atoms with van der Waals surface area (Å²) in [5.74, 6) is 1.03. The zero-order valence-electron chi connectivity index (χ0n) is 14.1. The molecular weight excluding hydrogens is 377 g/mol. The van der Waals surface area contributed by atoms with E-state index >= 15 is 0 Å². The molecule has 0 unspecified atom stereocenters. The van der Waals surface area contributed by atoms with Crippen molar-refractivity contribution >= 4 is 29.9 Å². The first kappa shape index (κ1) is 21.0. The Labute approximate surface area is 148 Å². The summed E-state index contributed by atoms with van der Waals surface area (Å²) in [7, 11) is 2.12. The minimum atomic E-state index is 0. The molecular formula is C16H34IN3O. The Kier molecular flexibility index (Phi) is 13.6. The topological polar surface area (TPSA) is 36.9 Å². The van der Waals surface area contributed by atoms with Crippen LogP contribution in [0.4, 0.5) is 0 Å². The van der Waals surface area contributed by atoms with E-state index < -0.39 is 0 Å². The van der Waals surface area contributed by atoms with E-state index in [2.05, 4.69) is 36.1 Å². The van der Waals surface area contributed by atoms with Crippen LogP contribution in [0.2, 0.25) is 0 Å². The predicted molar refractivity (Wildman–Crippen MR) is 102 cm³/mol. The number of unbranched alkanes of at least 4 members (excludes halogenated alkanes) is 1. The molecule has 0 saturated heterocycles. The first-order chi connectivity index (χ1) is 9.77. The van der Waals surface area contributed by atoms with Crippen LogP contribution in [0.1, 0.15) is 58.8 Å². The number of halogens is 1. The second-order valence-corrected chi connectivity index (χ2v) is 5.64. The molecule has 0 aromatic rings. The quantitative estimate of drug-likeness (QED) is 0.272. The molecule has 0 amide bonds. The van der Waals surface area contributed by atoms with Gasteiger partial charge in [-0.05, 0) is 32.6 Å². The van der Waals surface area contributed by atoms with E-state index in [4.69, 9.17) is 4.74 Å². The lowest BCUT2D eigenvalue weighted by atomic mass is 10.3. The fraction of sp³-hybridized carbons (Fsp3) is 0.938.